The molecule has 0 nitrogen and oxygen atoms in total. The maximum absolute atomic E-state index is 0. The second-order valence-corrected chi connectivity index (χ2v) is 0. The maximum Gasteiger partial charge on any atom is 0 e. The van der Waals surface area contributed by atoms with E-state index in [1.807, 2.05) is 0 Å². The predicted molar refractivity (Wildman–Crippen MR) is 0 cm³/mol. The minimum atomic E-state index is 0. The molecule has 0 saturated heterocycles. The van der Waals surface area contributed by atoms with Gasteiger partial charge in [0, 0.05) is 87.8 Å². The van der Waals surface area contributed by atoms with Gasteiger partial charge < -0.3 is 0 Å². The molecule has 0 aromatic rings. The monoisotopic (exact) mass is 120 g/mol. The molecule has 0 radical (unpaired) electrons. The summed E-state index contributed by atoms with van der Waals surface area (Å²) >= 11 is 0. The Hall–Kier alpha value is 2.34. The van der Waals surface area contributed by atoms with Gasteiger partial charge in [0.25, 0.3) is 0 Å². The molecule has 0 fully saturated rings. The van der Waals surface area contributed by atoms with Crippen LogP contribution in [0.15, 0.2) is 0 Å². The molecule has 0 bridgehead atoms. The van der Waals surface area contributed by atoms with Crippen molar-refractivity contribution >= 4 is 0 Å². The fourth-order valence-electron chi connectivity index (χ4n) is 0. The largest absolute Gasteiger partial charge is 0 e. The topological polar surface area (TPSA) is 0 Å². The van der Waals surface area contributed by atoms with Crippen LogP contribution in [-0.4, -0.2) is 0 Å². The van der Waals surface area contributed by atoms with Crippen molar-refractivity contribution in [1.82, 2.24) is 0 Å². The molecule has 0 aromatic heterocycles. The minimum absolute atomic E-state index is 0. The van der Waals surface area contributed by atoms with Crippen molar-refractivity contribution in [2.45, 2.75) is 0 Å². The van der Waals surface area contributed by atoms with Gasteiger partial charge in [0.15, 0.2) is 0 Å². The van der Waals surface area contributed by atoms with Gasteiger partial charge in [-0.05, 0) is 0 Å². The summed E-state index contributed by atoms with van der Waals surface area (Å²) in [7, 11) is 0. The van der Waals surface area contributed by atoms with E-state index >= 15 is 0 Å². The summed E-state index contributed by atoms with van der Waals surface area (Å²) in [5, 5.41) is 0. The summed E-state index contributed by atoms with van der Waals surface area (Å²) in [6.07, 6.45) is 0. The third-order valence-electron chi connectivity index (χ3n) is 0. The molecule has 0 aliphatic heterocycles. The molecule has 0 atom stereocenters. The van der Waals surface area contributed by atoms with Gasteiger partial charge in [-0.1, -0.05) is 0 Å². The summed E-state index contributed by atoms with van der Waals surface area (Å²) in [5.41, 5.74) is 0. The molecule has 0 amide bonds. The van der Waals surface area contributed by atoms with E-state index in [1.54, 1.807) is 0 Å². The third kappa shape index (κ3) is 8.84. The zero-order valence-corrected chi connectivity index (χ0v) is 2.83. The third-order valence-corrected chi connectivity index (χ3v) is 0. The van der Waals surface area contributed by atoms with Crippen LogP contribution >= 0.6 is 0 Å². The van der Waals surface area contributed by atoms with Gasteiger partial charge in [-0.3, -0.25) is 0 Å². The first-order chi connectivity index (χ1) is 0. The summed E-state index contributed by atoms with van der Waals surface area (Å²) in [4.78, 5) is 0. The molecule has 0 saturated carbocycles. The van der Waals surface area contributed by atoms with Gasteiger partial charge in [0.05, 0.1) is 0 Å². The fourth-order valence-corrected chi connectivity index (χ4v) is 0. The molecule has 0 aromatic carbocycles. The van der Waals surface area contributed by atoms with Crippen LogP contribution in [-0.2, 0) is 0 Å². The number of rotatable bonds is 0. The molecular formula is Ar2Ne2. The van der Waals surface area contributed by atoms with Crippen LogP contribution < -0.4 is 0 Å². The summed E-state index contributed by atoms with van der Waals surface area (Å²) in [6.45, 7) is 0. The molecule has 0 rings (SSSR count). The predicted octanol–water partition coefficient (Wildman–Crippen LogP) is 0. The first-order valence-corrected chi connectivity index (χ1v) is 0. The van der Waals surface area contributed by atoms with E-state index in [2.05, 4.69) is 0 Å². The van der Waals surface area contributed by atoms with Crippen molar-refractivity contribution in [3.05, 3.63) is 0 Å². The van der Waals surface area contributed by atoms with E-state index < -0.39 is 0 Å². The average Bonchev–Trinajstić information content (AvgIpc) is 0. The van der Waals surface area contributed by atoms with E-state index in [1.165, 1.54) is 0 Å². The average molecular weight is 120 g/mol. The Morgan fingerprint density at radius 3 is 0.500 bits per heavy atom. The summed E-state index contributed by atoms with van der Waals surface area (Å²) < 4.78 is 0. The molecule has 0 aliphatic carbocycles. The Morgan fingerprint density at radius 2 is 0.500 bits per heavy atom. The summed E-state index contributed by atoms with van der Waals surface area (Å²) in [6, 6.07) is 0. The van der Waals surface area contributed by atoms with Crippen LogP contribution in [0.5, 0.6) is 0 Å². The van der Waals surface area contributed by atoms with Crippen molar-refractivity contribution in [2.75, 3.05) is 0 Å². The van der Waals surface area contributed by atoms with Crippen molar-refractivity contribution in [1.29, 1.82) is 0 Å². The first kappa shape index (κ1) is 33.0. The van der Waals surface area contributed by atoms with Crippen molar-refractivity contribution in [2.24, 2.45) is 0 Å². The van der Waals surface area contributed by atoms with Crippen LogP contribution in [0.2, 0.25) is 0 Å². The van der Waals surface area contributed by atoms with Crippen LogP contribution in [0, 0.1) is 87.8 Å². The molecule has 0 spiro atoms. The maximum atomic E-state index is 0. The molecular weight excluding hydrogens is 120 g/mol. The Bertz CT molecular complexity index is 4.00. The number of hydrogen-bond acceptors (Lipinski definition) is 0. The number of hydrogen-bond donors (Lipinski definition) is 0. The van der Waals surface area contributed by atoms with Gasteiger partial charge in [-0.15, -0.1) is 0 Å². The Labute approximate surface area is 85.9 Å². The zero-order valence-electron chi connectivity index (χ0n) is 1.41. The zero-order chi connectivity index (χ0) is 0. The Morgan fingerprint density at radius 1 is 0.500 bits per heavy atom. The molecule has 0 heterocycles. The van der Waals surface area contributed by atoms with Crippen molar-refractivity contribution in [3.8, 4) is 0 Å². The second-order valence-electron chi connectivity index (χ2n) is 0. The van der Waals surface area contributed by atoms with Gasteiger partial charge >= 0.3 is 0 Å². The SMILES string of the molecule is [Ar].[Ar].[Ne].[Ne]. The normalized spacial score (nSPS) is 0. The van der Waals surface area contributed by atoms with Crippen molar-refractivity contribution in [3.63, 3.8) is 0 Å². The quantitative estimate of drug-likeness (QED) is 0.422. The van der Waals surface area contributed by atoms with E-state index in [0.717, 1.165) is 0 Å². The van der Waals surface area contributed by atoms with E-state index in [0.29, 0.717) is 0 Å². The van der Waals surface area contributed by atoms with Crippen LogP contribution in [0.1, 0.15) is 0 Å². The molecule has 4 heteroatoms. The Balaban J connectivity index is 0. The van der Waals surface area contributed by atoms with Gasteiger partial charge in [0.1, 0.15) is 0 Å². The first-order valence-electron chi connectivity index (χ1n) is 0. The van der Waals surface area contributed by atoms with Gasteiger partial charge in [-0.25, -0.2) is 0 Å². The Kier molecular flexibility index (Phi) is 152. The van der Waals surface area contributed by atoms with E-state index in [4.69, 9.17) is 0 Å². The molecule has 0 aliphatic rings. The molecule has 4 heavy (non-hydrogen) atoms. The van der Waals surface area contributed by atoms with Crippen LogP contribution in [0.4, 0.5) is 0 Å². The smallest absolute Gasteiger partial charge is 0 e. The molecule has 0 unspecified atom stereocenters. The summed E-state index contributed by atoms with van der Waals surface area (Å²) in [5.74, 6) is 0. The standard InChI is InChI=1S/2Ar.2Ne. The fraction of sp³-hybridized carbons (Fsp3) is 0. The van der Waals surface area contributed by atoms with E-state index in [-0.39, 0.29) is 87.8 Å². The minimum Gasteiger partial charge on any atom is 0 e. The van der Waals surface area contributed by atoms with Crippen molar-refractivity contribution < 1.29 is 87.8 Å². The molecule has 32 valence electrons. The van der Waals surface area contributed by atoms with Crippen LogP contribution in [0.3, 0.4) is 0 Å². The van der Waals surface area contributed by atoms with Crippen LogP contribution in [0.25, 0.3) is 0 Å². The molecule has 0 N–H and O–H groups in total. The van der Waals surface area contributed by atoms with Gasteiger partial charge in [-0.2, -0.15) is 0 Å². The van der Waals surface area contributed by atoms with E-state index in [9.17, 15) is 0 Å². The van der Waals surface area contributed by atoms with Gasteiger partial charge in [0.2, 0.25) is 0 Å². The second kappa shape index (κ2) is 18.4.